The smallest absolute Gasteiger partial charge is 0.263 e. The average Bonchev–Trinajstić information content (AvgIpc) is 3.16. The zero-order valence-electron chi connectivity index (χ0n) is 14.7. The third-order valence-electron chi connectivity index (χ3n) is 5.14. The summed E-state index contributed by atoms with van der Waals surface area (Å²) in [5.74, 6) is 0.503. The normalized spacial score (nSPS) is 22.3. The highest BCUT2D eigenvalue weighted by atomic mass is 32.1. The van der Waals surface area contributed by atoms with Gasteiger partial charge >= 0.3 is 0 Å². The number of thiophene rings is 1. The largest absolute Gasteiger partial charge is 0.496 e. The maximum Gasteiger partial charge on any atom is 0.263 e. The number of benzene rings is 1. The van der Waals surface area contributed by atoms with E-state index in [1.54, 1.807) is 12.0 Å². The van der Waals surface area contributed by atoms with E-state index in [1.807, 2.05) is 41.8 Å². The molecule has 1 aliphatic heterocycles. The molecule has 2 aliphatic rings. The van der Waals surface area contributed by atoms with E-state index in [-0.39, 0.29) is 23.7 Å². The molecular weight excluding hydrogens is 348 g/mol. The van der Waals surface area contributed by atoms with Crippen LogP contribution in [0.25, 0.3) is 0 Å². The summed E-state index contributed by atoms with van der Waals surface area (Å²) in [4.78, 5) is 28.2. The van der Waals surface area contributed by atoms with Gasteiger partial charge in [0.25, 0.3) is 5.91 Å². The Balaban J connectivity index is 1.62. The van der Waals surface area contributed by atoms with Gasteiger partial charge in [-0.15, -0.1) is 11.3 Å². The van der Waals surface area contributed by atoms with Crippen molar-refractivity contribution in [2.75, 3.05) is 20.2 Å². The molecule has 1 N–H and O–H groups in total. The molecule has 2 heterocycles. The maximum absolute atomic E-state index is 12.8. The number of amides is 2. The quantitative estimate of drug-likeness (QED) is 0.880. The second-order valence-corrected chi connectivity index (χ2v) is 7.87. The average molecular weight is 370 g/mol. The molecule has 1 aromatic heterocycles. The molecule has 0 radical (unpaired) electrons. The molecule has 2 amide bonds. The third-order valence-corrected chi connectivity index (χ3v) is 6.00. The summed E-state index contributed by atoms with van der Waals surface area (Å²) in [5.41, 5.74) is 0.993. The van der Waals surface area contributed by atoms with Crippen molar-refractivity contribution >= 4 is 23.2 Å². The van der Waals surface area contributed by atoms with Crippen molar-refractivity contribution in [2.45, 2.75) is 24.8 Å². The predicted octanol–water partition coefficient (Wildman–Crippen LogP) is 2.89. The van der Waals surface area contributed by atoms with Gasteiger partial charge in [-0.2, -0.15) is 0 Å². The number of para-hydroxylation sites is 1. The van der Waals surface area contributed by atoms with Crippen LogP contribution in [-0.2, 0) is 4.79 Å². The topological polar surface area (TPSA) is 58.6 Å². The Hall–Kier alpha value is -2.34. The van der Waals surface area contributed by atoms with E-state index in [0.29, 0.717) is 24.0 Å². The Morgan fingerprint density at radius 1 is 1.15 bits per heavy atom. The molecule has 1 saturated heterocycles. The van der Waals surface area contributed by atoms with Crippen molar-refractivity contribution in [2.24, 2.45) is 5.92 Å². The SMILES string of the molecule is COc1ccccc1[C@H]1CN(C(=O)c2cccs2)C[C@@H]1C(=O)NC1CC1. The first-order valence-electron chi connectivity index (χ1n) is 8.93. The molecule has 136 valence electrons. The maximum atomic E-state index is 12.8. The number of nitrogens with one attached hydrogen (secondary N) is 1. The zero-order chi connectivity index (χ0) is 18.1. The van der Waals surface area contributed by atoms with Crippen LogP contribution >= 0.6 is 11.3 Å². The minimum Gasteiger partial charge on any atom is -0.496 e. The monoisotopic (exact) mass is 370 g/mol. The molecule has 2 aromatic rings. The number of methoxy groups -OCH3 is 1. The second-order valence-electron chi connectivity index (χ2n) is 6.93. The Bertz CT molecular complexity index is 801. The van der Waals surface area contributed by atoms with Gasteiger partial charge in [0.15, 0.2) is 0 Å². The Labute approximate surface area is 157 Å². The van der Waals surface area contributed by atoms with E-state index in [9.17, 15) is 9.59 Å². The number of nitrogens with zero attached hydrogens (tertiary/aromatic N) is 1. The van der Waals surface area contributed by atoms with E-state index < -0.39 is 0 Å². The van der Waals surface area contributed by atoms with Gasteiger partial charge in [0.1, 0.15) is 5.75 Å². The zero-order valence-corrected chi connectivity index (χ0v) is 15.5. The van der Waals surface area contributed by atoms with Crippen LogP contribution in [0.2, 0.25) is 0 Å². The van der Waals surface area contributed by atoms with Gasteiger partial charge in [-0.25, -0.2) is 0 Å². The van der Waals surface area contributed by atoms with Gasteiger partial charge in [-0.1, -0.05) is 24.3 Å². The van der Waals surface area contributed by atoms with Crippen LogP contribution in [0.4, 0.5) is 0 Å². The van der Waals surface area contributed by atoms with E-state index in [4.69, 9.17) is 4.74 Å². The van der Waals surface area contributed by atoms with Gasteiger partial charge in [-0.3, -0.25) is 9.59 Å². The molecule has 5 nitrogen and oxygen atoms in total. The van der Waals surface area contributed by atoms with Crippen molar-refractivity contribution < 1.29 is 14.3 Å². The molecule has 0 bridgehead atoms. The van der Waals surface area contributed by atoms with Gasteiger partial charge in [0, 0.05) is 25.0 Å². The summed E-state index contributed by atoms with van der Waals surface area (Å²) < 4.78 is 5.51. The molecule has 26 heavy (non-hydrogen) atoms. The fourth-order valence-electron chi connectivity index (χ4n) is 3.62. The fraction of sp³-hybridized carbons (Fsp3) is 0.400. The molecule has 6 heteroatoms. The van der Waals surface area contributed by atoms with Crippen LogP contribution in [0, 0.1) is 5.92 Å². The summed E-state index contributed by atoms with van der Waals surface area (Å²) in [6.45, 7) is 0.970. The molecular formula is C20H22N2O3S. The van der Waals surface area contributed by atoms with E-state index in [1.165, 1.54) is 11.3 Å². The number of likely N-dealkylation sites (tertiary alicyclic amines) is 1. The van der Waals surface area contributed by atoms with Crippen molar-refractivity contribution in [3.05, 3.63) is 52.2 Å². The van der Waals surface area contributed by atoms with Crippen LogP contribution < -0.4 is 10.1 Å². The van der Waals surface area contributed by atoms with E-state index in [2.05, 4.69) is 5.32 Å². The second kappa shape index (κ2) is 7.11. The lowest BCUT2D eigenvalue weighted by atomic mass is 9.87. The predicted molar refractivity (Wildman–Crippen MR) is 101 cm³/mol. The number of hydrogen-bond donors (Lipinski definition) is 1. The third kappa shape index (κ3) is 3.33. The van der Waals surface area contributed by atoms with Crippen LogP contribution in [-0.4, -0.2) is 43.0 Å². The van der Waals surface area contributed by atoms with Crippen molar-refractivity contribution in [3.8, 4) is 5.75 Å². The minimum absolute atomic E-state index is 0.00150. The minimum atomic E-state index is -0.254. The van der Waals surface area contributed by atoms with E-state index >= 15 is 0 Å². The molecule has 0 spiro atoms. The van der Waals surface area contributed by atoms with Crippen LogP contribution in [0.15, 0.2) is 41.8 Å². The van der Waals surface area contributed by atoms with Crippen molar-refractivity contribution in [1.82, 2.24) is 10.2 Å². The highest BCUT2D eigenvalue weighted by molar-refractivity contribution is 7.12. The molecule has 1 aromatic carbocycles. The Morgan fingerprint density at radius 3 is 2.65 bits per heavy atom. The fourth-order valence-corrected chi connectivity index (χ4v) is 4.31. The number of carbonyl (C=O) groups is 2. The molecule has 2 atom stereocenters. The lowest BCUT2D eigenvalue weighted by Gasteiger charge is -2.20. The van der Waals surface area contributed by atoms with E-state index in [0.717, 1.165) is 24.2 Å². The lowest BCUT2D eigenvalue weighted by Crippen LogP contribution is -2.36. The first-order chi connectivity index (χ1) is 12.7. The number of carbonyl (C=O) groups excluding carboxylic acids is 2. The summed E-state index contributed by atoms with van der Waals surface area (Å²) in [6, 6.07) is 11.8. The Morgan fingerprint density at radius 2 is 1.96 bits per heavy atom. The summed E-state index contributed by atoms with van der Waals surface area (Å²) in [5, 5.41) is 5.01. The lowest BCUT2D eigenvalue weighted by molar-refractivity contribution is -0.125. The van der Waals surface area contributed by atoms with Gasteiger partial charge in [0.2, 0.25) is 5.91 Å². The molecule has 2 fully saturated rings. The summed E-state index contributed by atoms with van der Waals surface area (Å²) in [6.07, 6.45) is 2.10. The van der Waals surface area contributed by atoms with Crippen LogP contribution in [0.1, 0.15) is 34.0 Å². The highest BCUT2D eigenvalue weighted by Crippen LogP contribution is 2.38. The molecule has 1 aliphatic carbocycles. The number of rotatable bonds is 5. The first kappa shape index (κ1) is 17.1. The van der Waals surface area contributed by atoms with Crippen molar-refractivity contribution in [1.29, 1.82) is 0 Å². The standard InChI is InChI=1S/C20H22N2O3S/c1-25-17-6-3-2-5-14(17)15-11-22(20(24)18-7-4-10-26-18)12-16(15)19(23)21-13-8-9-13/h2-7,10,13,15-16H,8-9,11-12H2,1H3,(H,21,23)/t15-,16+/m1/s1. The van der Waals surface area contributed by atoms with Gasteiger partial charge in [-0.05, 0) is 35.9 Å². The van der Waals surface area contributed by atoms with Gasteiger partial charge in [0.05, 0.1) is 17.9 Å². The molecule has 1 saturated carbocycles. The summed E-state index contributed by atoms with van der Waals surface area (Å²) >= 11 is 1.44. The van der Waals surface area contributed by atoms with Gasteiger partial charge < -0.3 is 15.0 Å². The highest BCUT2D eigenvalue weighted by Gasteiger charge is 2.42. The summed E-state index contributed by atoms with van der Waals surface area (Å²) in [7, 11) is 1.64. The number of hydrogen-bond acceptors (Lipinski definition) is 4. The molecule has 0 unspecified atom stereocenters. The van der Waals surface area contributed by atoms with Crippen molar-refractivity contribution in [3.63, 3.8) is 0 Å². The Kier molecular flexibility index (Phi) is 4.68. The van der Waals surface area contributed by atoms with Crippen LogP contribution in [0.5, 0.6) is 5.75 Å². The number of ether oxygens (including phenoxy) is 1. The first-order valence-corrected chi connectivity index (χ1v) is 9.81. The van der Waals surface area contributed by atoms with Crippen LogP contribution in [0.3, 0.4) is 0 Å². The molecule has 4 rings (SSSR count).